The molecule has 0 unspecified atom stereocenters. The molecule has 4 heteroatoms. The average Bonchev–Trinajstić information content (AvgIpc) is 2.42. The summed E-state index contributed by atoms with van der Waals surface area (Å²) in [7, 11) is 0. The smallest absolute Gasteiger partial charge is 0.143 e. The van der Waals surface area contributed by atoms with Crippen molar-refractivity contribution in [2.75, 3.05) is 6.54 Å². The summed E-state index contributed by atoms with van der Waals surface area (Å²) in [6, 6.07) is 2.75. The Morgan fingerprint density at radius 3 is 2.14 bits per heavy atom. The lowest BCUT2D eigenvalue weighted by atomic mass is 9.76. The maximum absolute atomic E-state index is 14.2. The summed E-state index contributed by atoms with van der Waals surface area (Å²) in [6.45, 7) is 11.2. The number of nitrogens with one attached hydrogen (secondary N) is 1. The van der Waals surface area contributed by atoms with Gasteiger partial charge in [0.15, 0.2) is 0 Å². The standard InChI is InChI=1S/C17H26BrF2N/c1-6-17(7-2,11-21-16(3,4)5)10-12-14(19)9-8-13(18)15(12)20/h8-9,21H,6-7,10-11H2,1-5H3. The molecule has 0 aromatic heterocycles. The molecular weight excluding hydrogens is 336 g/mol. The zero-order valence-corrected chi connectivity index (χ0v) is 15.2. The first-order valence-corrected chi connectivity index (χ1v) is 8.31. The van der Waals surface area contributed by atoms with E-state index < -0.39 is 11.6 Å². The summed E-state index contributed by atoms with van der Waals surface area (Å²) in [6.07, 6.45) is 2.15. The van der Waals surface area contributed by atoms with Gasteiger partial charge in [0.2, 0.25) is 0 Å². The Labute approximate surface area is 135 Å². The summed E-state index contributed by atoms with van der Waals surface area (Å²) in [4.78, 5) is 0. The predicted octanol–water partition coefficient (Wildman–Crippen LogP) is 5.46. The molecule has 1 rings (SSSR count). The molecule has 120 valence electrons. The van der Waals surface area contributed by atoms with Gasteiger partial charge in [0, 0.05) is 17.6 Å². The fourth-order valence-electron chi connectivity index (χ4n) is 2.37. The molecule has 0 aliphatic heterocycles. The Balaban J connectivity index is 3.06. The molecule has 0 spiro atoms. The van der Waals surface area contributed by atoms with Gasteiger partial charge in [0.1, 0.15) is 11.6 Å². The summed E-state index contributed by atoms with van der Waals surface area (Å²) in [5.74, 6) is -0.935. The minimum Gasteiger partial charge on any atom is -0.312 e. The van der Waals surface area contributed by atoms with Crippen LogP contribution in [0.5, 0.6) is 0 Å². The van der Waals surface area contributed by atoms with Crippen LogP contribution in [0.2, 0.25) is 0 Å². The molecule has 0 aliphatic rings. The molecule has 0 radical (unpaired) electrons. The van der Waals surface area contributed by atoms with Gasteiger partial charge in [0.25, 0.3) is 0 Å². The maximum Gasteiger partial charge on any atom is 0.143 e. The molecule has 0 amide bonds. The van der Waals surface area contributed by atoms with Gasteiger partial charge in [-0.1, -0.05) is 13.8 Å². The van der Waals surface area contributed by atoms with Crippen molar-refractivity contribution in [1.82, 2.24) is 5.32 Å². The molecule has 1 aromatic rings. The third-order valence-corrected chi connectivity index (χ3v) is 4.80. The first-order valence-electron chi connectivity index (χ1n) is 7.51. The number of halogens is 3. The van der Waals surface area contributed by atoms with E-state index in [4.69, 9.17) is 0 Å². The van der Waals surface area contributed by atoms with Crippen LogP contribution in [0.4, 0.5) is 8.78 Å². The Hall–Kier alpha value is -0.480. The van der Waals surface area contributed by atoms with E-state index >= 15 is 0 Å². The number of hydrogen-bond donors (Lipinski definition) is 1. The van der Waals surface area contributed by atoms with Crippen LogP contribution < -0.4 is 5.32 Å². The van der Waals surface area contributed by atoms with Crippen LogP contribution >= 0.6 is 15.9 Å². The second-order valence-corrected chi connectivity index (χ2v) is 7.66. The number of rotatable bonds is 6. The van der Waals surface area contributed by atoms with Gasteiger partial charge in [-0.2, -0.15) is 0 Å². The van der Waals surface area contributed by atoms with E-state index in [1.54, 1.807) is 0 Å². The van der Waals surface area contributed by atoms with Crippen molar-refractivity contribution in [3.63, 3.8) is 0 Å². The van der Waals surface area contributed by atoms with Crippen molar-refractivity contribution < 1.29 is 8.78 Å². The van der Waals surface area contributed by atoms with E-state index in [1.807, 2.05) is 0 Å². The molecular formula is C17H26BrF2N. The summed E-state index contributed by atoms with van der Waals surface area (Å²) in [5, 5.41) is 3.48. The van der Waals surface area contributed by atoms with Crippen molar-refractivity contribution in [3.8, 4) is 0 Å². The quantitative estimate of drug-likeness (QED) is 0.662. The second kappa shape index (κ2) is 7.19. The van der Waals surface area contributed by atoms with Crippen LogP contribution in [0.15, 0.2) is 16.6 Å². The zero-order valence-electron chi connectivity index (χ0n) is 13.6. The first-order chi connectivity index (χ1) is 9.64. The Morgan fingerprint density at radius 2 is 1.67 bits per heavy atom. The third kappa shape index (κ3) is 5.03. The van der Waals surface area contributed by atoms with Crippen LogP contribution in [0.3, 0.4) is 0 Å². The summed E-state index contributed by atoms with van der Waals surface area (Å²) < 4.78 is 28.6. The van der Waals surface area contributed by atoms with Gasteiger partial charge in [-0.05, 0) is 73.5 Å². The van der Waals surface area contributed by atoms with Gasteiger partial charge in [-0.15, -0.1) is 0 Å². The highest BCUT2D eigenvalue weighted by atomic mass is 79.9. The lowest BCUT2D eigenvalue weighted by molar-refractivity contribution is 0.216. The maximum atomic E-state index is 14.2. The van der Waals surface area contributed by atoms with E-state index in [2.05, 4.69) is 55.9 Å². The normalized spacial score (nSPS) is 12.8. The first kappa shape index (κ1) is 18.6. The van der Waals surface area contributed by atoms with Gasteiger partial charge < -0.3 is 5.32 Å². The average molecular weight is 362 g/mol. The molecule has 0 bridgehead atoms. The van der Waals surface area contributed by atoms with E-state index in [0.717, 1.165) is 19.4 Å². The fraction of sp³-hybridized carbons (Fsp3) is 0.647. The molecule has 0 aliphatic carbocycles. The molecule has 1 aromatic carbocycles. The van der Waals surface area contributed by atoms with E-state index in [-0.39, 0.29) is 16.5 Å². The van der Waals surface area contributed by atoms with Crippen molar-refractivity contribution in [1.29, 1.82) is 0 Å². The minimum absolute atomic E-state index is 0.00997. The van der Waals surface area contributed by atoms with Crippen molar-refractivity contribution >= 4 is 15.9 Å². The molecule has 21 heavy (non-hydrogen) atoms. The van der Waals surface area contributed by atoms with Crippen LogP contribution in [0, 0.1) is 17.0 Å². The highest BCUT2D eigenvalue weighted by molar-refractivity contribution is 9.10. The Bertz CT molecular complexity index is 476. The molecule has 0 saturated carbocycles. The van der Waals surface area contributed by atoms with Crippen molar-refractivity contribution in [2.45, 2.75) is 59.4 Å². The van der Waals surface area contributed by atoms with Gasteiger partial charge >= 0.3 is 0 Å². The molecule has 1 nitrogen and oxygen atoms in total. The Morgan fingerprint density at radius 1 is 1.10 bits per heavy atom. The summed E-state index contributed by atoms with van der Waals surface area (Å²) in [5.41, 5.74) is 0.0310. The molecule has 0 saturated heterocycles. The van der Waals surface area contributed by atoms with E-state index in [1.165, 1.54) is 12.1 Å². The Kier molecular flexibility index (Phi) is 6.36. The zero-order chi connectivity index (χ0) is 16.3. The van der Waals surface area contributed by atoms with Crippen LogP contribution in [0.25, 0.3) is 0 Å². The van der Waals surface area contributed by atoms with Crippen molar-refractivity contribution in [2.24, 2.45) is 5.41 Å². The van der Waals surface area contributed by atoms with Gasteiger partial charge in [-0.3, -0.25) is 0 Å². The lowest BCUT2D eigenvalue weighted by Gasteiger charge is -2.36. The number of benzene rings is 1. The van der Waals surface area contributed by atoms with Crippen molar-refractivity contribution in [3.05, 3.63) is 33.8 Å². The number of hydrogen-bond acceptors (Lipinski definition) is 1. The monoisotopic (exact) mass is 361 g/mol. The molecule has 0 atom stereocenters. The van der Waals surface area contributed by atoms with Crippen LogP contribution in [-0.2, 0) is 6.42 Å². The lowest BCUT2D eigenvalue weighted by Crippen LogP contribution is -2.44. The molecule has 0 heterocycles. The molecule has 1 N–H and O–H groups in total. The highest BCUT2D eigenvalue weighted by Gasteiger charge is 2.30. The van der Waals surface area contributed by atoms with Gasteiger partial charge in [-0.25, -0.2) is 8.78 Å². The minimum atomic E-state index is -0.475. The van der Waals surface area contributed by atoms with Crippen LogP contribution in [0.1, 0.15) is 53.0 Å². The third-order valence-electron chi connectivity index (χ3n) is 4.18. The molecule has 0 fully saturated rings. The highest BCUT2D eigenvalue weighted by Crippen LogP contribution is 2.34. The SMILES string of the molecule is CCC(CC)(CNC(C)(C)C)Cc1c(F)ccc(Br)c1F. The topological polar surface area (TPSA) is 12.0 Å². The largest absolute Gasteiger partial charge is 0.312 e. The van der Waals surface area contributed by atoms with E-state index in [9.17, 15) is 8.78 Å². The van der Waals surface area contributed by atoms with Crippen LogP contribution in [-0.4, -0.2) is 12.1 Å². The fourth-order valence-corrected chi connectivity index (χ4v) is 2.74. The predicted molar refractivity (Wildman–Crippen MR) is 88.5 cm³/mol. The summed E-state index contributed by atoms with van der Waals surface area (Å²) >= 11 is 3.15. The van der Waals surface area contributed by atoms with E-state index in [0.29, 0.717) is 10.9 Å². The second-order valence-electron chi connectivity index (χ2n) is 6.81. The van der Waals surface area contributed by atoms with Gasteiger partial charge in [0.05, 0.1) is 4.47 Å².